The number of benzene rings is 1. The molecule has 1 aromatic carbocycles. The number of carboxylic acid groups (broad SMARTS) is 1. The predicted octanol–water partition coefficient (Wildman–Crippen LogP) is 9.72. The monoisotopic (exact) mass is 811 g/mol. The number of carbonyl (C=O) groups is 4. The molecule has 7 rings (SSSR count). The Labute approximate surface area is 343 Å². The van der Waals surface area contributed by atoms with Crippen molar-refractivity contribution >= 4 is 46.8 Å². The molecule has 0 aliphatic heterocycles. The fraction of sp³-hybridized carbons (Fsp3) is 0.739. The maximum atomic E-state index is 14.1. The summed E-state index contributed by atoms with van der Waals surface area (Å²) in [4.78, 5) is 52.7. The molecule has 6 aliphatic carbocycles. The number of ether oxygens (including phenoxy) is 1. The number of nitrogens with one attached hydrogen (secondary N) is 1. The number of halogens is 2. The van der Waals surface area contributed by atoms with Crippen LogP contribution in [0.4, 0.5) is 0 Å². The van der Waals surface area contributed by atoms with Gasteiger partial charge in [0.2, 0.25) is 0 Å². The van der Waals surface area contributed by atoms with Gasteiger partial charge in [0.15, 0.2) is 5.78 Å². The molecule has 0 unspecified atom stereocenters. The van der Waals surface area contributed by atoms with E-state index in [1.807, 2.05) is 13.8 Å². The maximum absolute atomic E-state index is 14.1. The molecule has 10 heteroatoms. The van der Waals surface area contributed by atoms with Gasteiger partial charge >= 0.3 is 11.9 Å². The van der Waals surface area contributed by atoms with Crippen molar-refractivity contribution in [2.45, 2.75) is 139 Å². The summed E-state index contributed by atoms with van der Waals surface area (Å²) in [5.41, 5.74) is 0.743. The molecule has 1 amide bonds. The summed E-state index contributed by atoms with van der Waals surface area (Å²) < 4.78 is 6.40. The molecule has 0 radical (unpaired) electrons. The van der Waals surface area contributed by atoms with Gasteiger partial charge in [-0.05, 0) is 127 Å². The van der Waals surface area contributed by atoms with Gasteiger partial charge in [-0.2, -0.15) is 0 Å². The number of ketones is 1. The van der Waals surface area contributed by atoms with Crippen molar-refractivity contribution in [1.29, 1.82) is 0 Å². The Balaban J connectivity index is 1.13. The third kappa shape index (κ3) is 5.90. The molecule has 8 nitrogen and oxygen atoms in total. The number of aliphatic carboxylic acids is 1. The van der Waals surface area contributed by atoms with Crippen molar-refractivity contribution < 1.29 is 34.1 Å². The first kappa shape index (κ1) is 41.7. The van der Waals surface area contributed by atoms with Crippen LogP contribution in [0, 0.1) is 68.0 Å². The second-order valence-electron chi connectivity index (χ2n) is 21.0. The zero-order valence-corrected chi connectivity index (χ0v) is 36.3. The number of carbonyl (C=O) groups excluding carboxylic acids is 3. The SMILES string of the molecule is CC(C)C1=C2[C@H]3CC[C@@H]4[C@@]5(C)CC[C@H](OC(=O)[C@H]6C[C@@H](C(=O)O)C6(C)C)C(C)(C)[C@@H]5CC[C@@]4(C)[C@]3(C)CC[C@@]2([C@@H](O)CNC(=O)c2ccc(Cl)c(Cl)c2)CC1=O. The van der Waals surface area contributed by atoms with Gasteiger partial charge in [-0.25, -0.2) is 0 Å². The first-order chi connectivity index (χ1) is 26.0. The molecular weight excluding hydrogens is 749 g/mol. The van der Waals surface area contributed by atoms with Crippen molar-refractivity contribution in [2.75, 3.05) is 6.54 Å². The smallest absolute Gasteiger partial charge is 0.309 e. The standard InChI is InChI=1S/C46H63Cl2NO7/c1-24(2)36-31(50)22-46(34(51)23-49-38(52)25-10-12-29(47)30(48)20-25)19-18-44(8)26(37(36)46)11-13-33-43(7)16-15-35(42(5,6)32(43)14-17-45(33,44)9)56-40(55)28-21-27(39(53)54)41(28,3)4/h10,12,20,24,26-28,32-35,51H,11,13-19,21-23H2,1-9H3,(H,49,52)(H,53,54)/t26-,27+,28-,32+,33-,34+,35+,43+,44-,45-,46+/m1/s1. The third-order valence-corrected chi connectivity index (χ3v) is 18.5. The highest BCUT2D eigenvalue weighted by Gasteiger charge is 2.71. The Morgan fingerprint density at radius 3 is 2.18 bits per heavy atom. The summed E-state index contributed by atoms with van der Waals surface area (Å²) in [6, 6.07) is 4.73. The zero-order chi connectivity index (χ0) is 41.1. The van der Waals surface area contributed by atoms with Gasteiger partial charge in [0.1, 0.15) is 6.10 Å². The van der Waals surface area contributed by atoms with Gasteiger partial charge in [-0.3, -0.25) is 19.2 Å². The number of carboxylic acids is 1. The average Bonchev–Trinajstić information content (AvgIpc) is 3.42. The predicted molar refractivity (Wildman–Crippen MR) is 217 cm³/mol. The largest absolute Gasteiger partial charge is 0.481 e. The topological polar surface area (TPSA) is 130 Å². The number of hydrogen-bond acceptors (Lipinski definition) is 6. The van der Waals surface area contributed by atoms with Crippen LogP contribution >= 0.6 is 23.2 Å². The quantitative estimate of drug-likeness (QED) is 0.223. The number of esters is 1. The van der Waals surface area contributed by atoms with Gasteiger partial charge in [0, 0.05) is 29.4 Å². The summed E-state index contributed by atoms with van der Waals surface area (Å²) in [5, 5.41) is 25.4. The van der Waals surface area contributed by atoms with Crippen LogP contribution in [0.15, 0.2) is 29.3 Å². The number of Topliss-reactive ketones (excluding diaryl/α,β-unsaturated/α-hetero) is 1. The van der Waals surface area contributed by atoms with Gasteiger partial charge in [0.25, 0.3) is 5.91 Å². The zero-order valence-electron chi connectivity index (χ0n) is 34.8. The molecule has 1 aromatic rings. The first-order valence-electron chi connectivity index (χ1n) is 21.1. The summed E-state index contributed by atoms with van der Waals surface area (Å²) in [7, 11) is 0. The Kier molecular flexibility index (Phi) is 10.3. The van der Waals surface area contributed by atoms with Crippen LogP contribution in [0.25, 0.3) is 0 Å². The van der Waals surface area contributed by atoms with E-state index < -0.39 is 34.7 Å². The minimum atomic E-state index is -0.924. The molecule has 56 heavy (non-hydrogen) atoms. The number of allylic oxidation sites excluding steroid dienone is 1. The first-order valence-corrected chi connectivity index (χ1v) is 21.9. The minimum Gasteiger partial charge on any atom is -0.481 e. The molecule has 0 aromatic heterocycles. The normalized spacial score (nSPS) is 40.1. The highest BCUT2D eigenvalue weighted by atomic mass is 35.5. The fourth-order valence-electron chi connectivity index (χ4n) is 14.4. The second-order valence-corrected chi connectivity index (χ2v) is 21.8. The molecule has 11 atom stereocenters. The van der Waals surface area contributed by atoms with Gasteiger partial charge in [-0.15, -0.1) is 0 Å². The van der Waals surface area contributed by atoms with Crippen molar-refractivity contribution in [3.05, 3.63) is 45.0 Å². The van der Waals surface area contributed by atoms with E-state index in [0.29, 0.717) is 35.3 Å². The summed E-state index contributed by atoms with van der Waals surface area (Å²) >= 11 is 12.3. The van der Waals surface area contributed by atoms with Gasteiger partial charge in [-0.1, -0.05) is 91.1 Å². The van der Waals surface area contributed by atoms with E-state index in [0.717, 1.165) is 56.1 Å². The molecule has 0 bridgehead atoms. The maximum Gasteiger partial charge on any atom is 0.309 e. The van der Waals surface area contributed by atoms with Crippen LogP contribution in [-0.4, -0.2) is 52.6 Å². The van der Waals surface area contributed by atoms with Crippen LogP contribution in [-0.2, 0) is 19.1 Å². The van der Waals surface area contributed by atoms with Crippen molar-refractivity contribution in [2.24, 2.45) is 68.0 Å². The second kappa shape index (κ2) is 13.8. The number of hydrogen-bond donors (Lipinski definition) is 3. The van der Waals surface area contributed by atoms with Crippen LogP contribution in [0.5, 0.6) is 0 Å². The molecule has 3 N–H and O–H groups in total. The van der Waals surface area contributed by atoms with Crippen molar-refractivity contribution in [3.8, 4) is 0 Å². The van der Waals surface area contributed by atoms with E-state index in [1.54, 1.807) is 12.1 Å². The van der Waals surface area contributed by atoms with Gasteiger partial charge < -0.3 is 20.3 Å². The number of rotatable bonds is 8. The molecule has 0 heterocycles. The summed E-state index contributed by atoms with van der Waals surface area (Å²) in [5.74, 6) is -1.27. The van der Waals surface area contributed by atoms with Crippen LogP contribution in [0.1, 0.15) is 137 Å². The Morgan fingerprint density at radius 1 is 0.857 bits per heavy atom. The Morgan fingerprint density at radius 2 is 1.55 bits per heavy atom. The van der Waals surface area contributed by atoms with Crippen molar-refractivity contribution in [3.63, 3.8) is 0 Å². The van der Waals surface area contributed by atoms with E-state index in [9.17, 15) is 29.4 Å². The fourth-order valence-corrected chi connectivity index (χ4v) is 14.7. The molecule has 5 saturated carbocycles. The van der Waals surface area contributed by atoms with E-state index in [1.165, 1.54) is 6.07 Å². The Hall–Kier alpha value is -2.42. The van der Waals surface area contributed by atoms with Crippen molar-refractivity contribution in [1.82, 2.24) is 5.32 Å². The number of fused-ring (bicyclic) bond motifs is 7. The Bertz CT molecular complexity index is 1870. The molecule has 6 aliphatic rings. The van der Waals surface area contributed by atoms with Crippen LogP contribution in [0.2, 0.25) is 10.0 Å². The number of aliphatic hydroxyl groups excluding tert-OH is 1. The lowest BCUT2D eigenvalue weighted by Crippen LogP contribution is -2.66. The van der Waals surface area contributed by atoms with E-state index in [-0.39, 0.29) is 75.2 Å². The molecule has 0 saturated heterocycles. The average molecular weight is 813 g/mol. The molecule has 5 fully saturated rings. The highest BCUT2D eigenvalue weighted by Crippen LogP contribution is 2.77. The third-order valence-electron chi connectivity index (χ3n) is 17.8. The molecule has 308 valence electrons. The van der Waals surface area contributed by atoms with Crippen LogP contribution < -0.4 is 5.32 Å². The van der Waals surface area contributed by atoms with E-state index >= 15 is 0 Å². The van der Waals surface area contributed by atoms with Gasteiger partial charge in [0.05, 0.1) is 28.0 Å². The number of amides is 1. The lowest BCUT2D eigenvalue weighted by atomic mass is 9.33. The minimum absolute atomic E-state index is 0.0114. The number of aliphatic hydroxyl groups is 1. The van der Waals surface area contributed by atoms with Crippen LogP contribution in [0.3, 0.4) is 0 Å². The van der Waals surface area contributed by atoms with E-state index in [2.05, 4.69) is 53.8 Å². The summed E-state index contributed by atoms with van der Waals surface area (Å²) in [6.07, 6.45) is 6.83. The lowest BCUT2D eigenvalue weighted by Gasteiger charge is -2.72. The highest BCUT2D eigenvalue weighted by molar-refractivity contribution is 6.42. The molecular formula is C46H63Cl2NO7. The molecule has 0 spiro atoms. The lowest BCUT2D eigenvalue weighted by molar-refractivity contribution is -0.238. The summed E-state index contributed by atoms with van der Waals surface area (Å²) in [6.45, 7) is 20.1. The van der Waals surface area contributed by atoms with E-state index in [4.69, 9.17) is 27.9 Å².